The Morgan fingerprint density at radius 2 is 1.68 bits per heavy atom. The number of anilines is 1. The smallest absolute Gasteiger partial charge is 0.267 e. The molecule has 128 valence electrons. The highest BCUT2D eigenvalue weighted by atomic mass is 35.5. The van der Waals surface area contributed by atoms with E-state index in [1.807, 2.05) is 14.1 Å². The van der Waals surface area contributed by atoms with E-state index >= 15 is 0 Å². The maximum atomic E-state index is 13.0. The summed E-state index contributed by atoms with van der Waals surface area (Å²) in [5.74, 6) is -0.211. The number of carbonyl (C=O) groups is 2. The van der Waals surface area contributed by atoms with Crippen molar-refractivity contribution in [1.29, 1.82) is 0 Å². The van der Waals surface area contributed by atoms with E-state index in [4.69, 9.17) is 16.3 Å². The molecule has 0 spiro atoms. The van der Waals surface area contributed by atoms with Crippen LogP contribution in [0.1, 0.15) is 15.9 Å². The molecule has 0 saturated heterocycles. The molecular weight excluding hydrogens is 340 g/mol. The summed E-state index contributed by atoms with van der Waals surface area (Å²) in [6, 6.07) is 11.7. The largest absolute Gasteiger partial charge is 0.497 e. The maximum Gasteiger partial charge on any atom is 0.267 e. The number of hydrogen-bond acceptors (Lipinski definition) is 4. The van der Waals surface area contributed by atoms with Crippen LogP contribution in [-0.2, 0) is 4.79 Å². The Morgan fingerprint density at radius 1 is 1.00 bits per heavy atom. The van der Waals surface area contributed by atoms with E-state index in [-0.39, 0.29) is 5.91 Å². The minimum atomic E-state index is -0.392. The van der Waals surface area contributed by atoms with Gasteiger partial charge in [-0.1, -0.05) is 11.6 Å². The lowest BCUT2D eigenvalue weighted by atomic mass is 9.93. The quantitative estimate of drug-likeness (QED) is 0.624. The zero-order valence-electron chi connectivity index (χ0n) is 14.1. The van der Waals surface area contributed by atoms with Crippen molar-refractivity contribution in [1.82, 2.24) is 4.90 Å². The molecule has 0 unspecified atom stereocenters. The monoisotopic (exact) mass is 356 g/mol. The summed E-state index contributed by atoms with van der Waals surface area (Å²) in [6.07, 6.45) is 1.71. The van der Waals surface area contributed by atoms with Crippen molar-refractivity contribution in [2.45, 2.75) is 0 Å². The molecule has 0 saturated carbocycles. The van der Waals surface area contributed by atoms with E-state index in [2.05, 4.69) is 0 Å². The minimum absolute atomic E-state index is 0.376. The number of carbonyl (C=O) groups excluding carboxylic acids is 2. The number of nitrogens with zero attached hydrogens (tertiary/aromatic N) is 2. The van der Waals surface area contributed by atoms with Crippen LogP contribution < -0.4 is 9.64 Å². The van der Waals surface area contributed by atoms with Gasteiger partial charge in [0.05, 0.1) is 23.9 Å². The van der Waals surface area contributed by atoms with Crippen LogP contribution in [0.15, 0.2) is 48.7 Å². The molecular formula is C19H17ClN2O3. The molecule has 1 heterocycles. The number of amides is 2. The maximum absolute atomic E-state index is 13.0. The molecule has 0 radical (unpaired) electrons. The topological polar surface area (TPSA) is 49.9 Å². The molecule has 2 aromatic rings. The number of hydrogen-bond donors (Lipinski definition) is 0. The number of rotatable bonds is 3. The van der Waals surface area contributed by atoms with Crippen LogP contribution in [0.25, 0.3) is 5.57 Å². The van der Waals surface area contributed by atoms with Crippen LogP contribution in [0.5, 0.6) is 5.75 Å². The van der Waals surface area contributed by atoms with E-state index in [0.29, 0.717) is 33.2 Å². The Bertz CT molecular complexity index is 873. The average molecular weight is 357 g/mol. The summed E-state index contributed by atoms with van der Waals surface area (Å²) in [6.45, 7) is 0. The van der Waals surface area contributed by atoms with Gasteiger partial charge in [-0.25, -0.2) is 4.90 Å². The summed E-state index contributed by atoms with van der Waals surface area (Å²) >= 11 is 5.92. The molecule has 0 atom stereocenters. The van der Waals surface area contributed by atoms with Gasteiger partial charge in [0.2, 0.25) is 0 Å². The Morgan fingerprint density at radius 3 is 2.28 bits per heavy atom. The van der Waals surface area contributed by atoms with Crippen LogP contribution in [-0.4, -0.2) is 37.9 Å². The Kier molecular flexibility index (Phi) is 4.51. The van der Waals surface area contributed by atoms with Gasteiger partial charge in [0.1, 0.15) is 5.75 Å². The van der Waals surface area contributed by atoms with E-state index in [1.165, 1.54) is 7.11 Å². The molecule has 6 heteroatoms. The normalized spacial score (nSPS) is 15.4. The number of halogens is 1. The SMILES string of the molecule is COc1ccc2c(c1)C(=O)N(c1ccc(Cl)cc1)C(=O)/C2=C/N(C)C. The Labute approximate surface area is 151 Å². The number of benzene rings is 2. The molecule has 2 aromatic carbocycles. The van der Waals surface area contributed by atoms with Gasteiger partial charge in [0.15, 0.2) is 0 Å². The third-order valence-corrected chi connectivity index (χ3v) is 4.11. The lowest BCUT2D eigenvalue weighted by Crippen LogP contribution is -2.42. The van der Waals surface area contributed by atoms with Crippen molar-refractivity contribution in [2.24, 2.45) is 0 Å². The van der Waals surface area contributed by atoms with Gasteiger partial charge >= 0.3 is 0 Å². The summed E-state index contributed by atoms with van der Waals surface area (Å²) in [5, 5.41) is 0.534. The second-order valence-electron chi connectivity index (χ2n) is 5.84. The Balaban J connectivity index is 2.20. The standard InChI is InChI=1S/C19H17ClN2O3/c1-21(2)11-17-15-9-8-14(25-3)10-16(15)18(23)22(19(17)24)13-6-4-12(20)5-7-13/h4-11H,1-3H3/b17-11+. The van der Waals surface area contributed by atoms with Crippen LogP contribution >= 0.6 is 11.6 Å². The lowest BCUT2D eigenvalue weighted by molar-refractivity contribution is -0.112. The van der Waals surface area contributed by atoms with Gasteiger partial charge in [-0.05, 0) is 42.5 Å². The van der Waals surface area contributed by atoms with Gasteiger partial charge in [-0.15, -0.1) is 0 Å². The van der Waals surface area contributed by atoms with Crippen molar-refractivity contribution in [3.05, 3.63) is 64.8 Å². The third kappa shape index (κ3) is 3.10. The average Bonchev–Trinajstić information content (AvgIpc) is 2.59. The molecule has 5 nitrogen and oxygen atoms in total. The molecule has 0 aromatic heterocycles. The van der Waals surface area contributed by atoms with E-state index in [9.17, 15) is 9.59 Å². The van der Waals surface area contributed by atoms with Gasteiger partial charge in [0.25, 0.3) is 11.8 Å². The third-order valence-electron chi connectivity index (χ3n) is 3.86. The van der Waals surface area contributed by atoms with E-state index < -0.39 is 5.91 Å². The number of ether oxygens (including phenoxy) is 1. The summed E-state index contributed by atoms with van der Waals surface area (Å²) in [5.41, 5.74) is 1.92. The van der Waals surface area contributed by atoms with Crippen LogP contribution in [0.4, 0.5) is 5.69 Å². The fraction of sp³-hybridized carbons (Fsp3) is 0.158. The first kappa shape index (κ1) is 17.0. The Hall–Kier alpha value is -2.79. The van der Waals surface area contributed by atoms with Gasteiger partial charge in [-0.2, -0.15) is 0 Å². The lowest BCUT2D eigenvalue weighted by Gasteiger charge is -2.29. The summed E-state index contributed by atoms with van der Waals surface area (Å²) < 4.78 is 5.23. The van der Waals surface area contributed by atoms with Crippen molar-refractivity contribution >= 4 is 34.7 Å². The molecule has 0 fully saturated rings. The number of methoxy groups -OCH3 is 1. The predicted molar refractivity (Wildman–Crippen MR) is 97.9 cm³/mol. The van der Waals surface area contributed by atoms with Gasteiger partial charge < -0.3 is 9.64 Å². The van der Waals surface area contributed by atoms with E-state index in [0.717, 1.165) is 4.90 Å². The summed E-state index contributed by atoms with van der Waals surface area (Å²) in [7, 11) is 5.19. The molecule has 1 aliphatic rings. The fourth-order valence-corrected chi connectivity index (χ4v) is 2.84. The second kappa shape index (κ2) is 6.61. The molecule has 0 bridgehead atoms. The van der Waals surface area contributed by atoms with Crippen molar-refractivity contribution in [3.63, 3.8) is 0 Å². The first-order valence-electron chi connectivity index (χ1n) is 7.63. The molecule has 1 aliphatic heterocycles. The highest BCUT2D eigenvalue weighted by molar-refractivity contribution is 6.41. The second-order valence-corrected chi connectivity index (χ2v) is 6.28. The first-order valence-corrected chi connectivity index (χ1v) is 8.01. The zero-order valence-corrected chi connectivity index (χ0v) is 14.9. The number of fused-ring (bicyclic) bond motifs is 1. The molecule has 0 aliphatic carbocycles. The first-order chi connectivity index (χ1) is 11.9. The fourth-order valence-electron chi connectivity index (χ4n) is 2.72. The van der Waals surface area contributed by atoms with Gasteiger partial charge in [0, 0.05) is 30.9 Å². The molecule has 25 heavy (non-hydrogen) atoms. The highest BCUT2D eigenvalue weighted by Crippen LogP contribution is 2.34. The number of imide groups is 1. The molecule has 2 amide bonds. The predicted octanol–water partition coefficient (Wildman–Crippen LogP) is 3.44. The zero-order chi connectivity index (χ0) is 18.1. The van der Waals surface area contributed by atoms with Crippen LogP contribution in [0.2, 0.25) is 5.02 Å². The van der Waals surface area contributed by atoms with Crippen molar-refractivity contribution < 1.29 is 14.3 Å². The van der Waals surface area contributed by atoms with Crippen molar-refractivity contribution in [3.8, 4) is 5.75 Å². The summed E-state index contributed by atoms with van der Waals surface area (Å²) in [4.78, 5) is 28.9. The minimum Gasteiger partial charge on any atom is -0.497 e. The molecule has 0 N–H and O–H groups in total. The van der Waals surface area contributed by atoms with E-state index in [1.54, 1.807) is 53.6 Å². The van der Waals surface area contributed by atoms with Crippen LogP contribution in [0, 0.1) is 0 Å². The molecule has 3 rings (SSSR count). The van der Waals surface area contributed by atoms with Crippen LogP contribution in [0.3, 0.4) is 0 Å². The van der Waals surface area contributed by atoms with Crippen molar-refractivity contribution in [2.75, 3.05) is 26.1 Å². The van der Waals surface area contributed by atoms with Gasteiger partial charge in [-0.3, -0.25) is 9.59 Å². The highest BCUT2D eigenvalue weighted by Gasteiger charge is 2.36.